The third kappa shape index (κ3) is 6.08. The van der Waals surface area contributed by atoms with Gasteiger partial charge in [-0.05, 0) is 31.0 Å². The van der Waals surface area contributed by atoms with Crippen molar-refractivity contribution < 1.29 is 19.1 Å². The van der Waals surface area contributed by atoms with Crippen molar-refractivity contribution in [2.75, 3.05) is 26.8 Å². The summed E-state index contributed by atoms with van der Waals surface area (Å²) in [7, 11) is 1.61. The second kappa shape index (κ2) is 8.79. The Morgan fingerprint density at radius 1 is 1.25 bits per heavy atom. The summed E-state index contributed by atoms with van der Waals surface area (Å²) in [5.41, 5.74) is 1.06. The van der Waals surface area contributed by atoms with E-state index in [2.05, 4.69) is 10.6 Å². The zero-order chi connectivity index (χ0) is 14.8. The predicted molar refractivity (Wildman–Crippen MR) is 74.7 cm³/mol. The Hall–Kier alpha value is -2.24. The lowest BCUT2D eigenvalue weighted by atomic mass is 10.1. The smallest absolute Gasteiger partial charge is 0.325 e. The molecule has 0 aliphatic rings. The summed E-state index contributed by atoms with van der Waals surface area (Å²) in [4.78, 5) is 22.4. The van der Waals surface area contributed by atoms with Crippen LogP contribution in [0.25, 0.3) is 0 Å². The maximum absolute atomic E-state index is 11.4. The Labute approximate surface area is 118 Å². The van der Waals surface area contributed by atoms with Gasteiger partial charge in [0.1, 0.15) is 12.3 Å². The van der Waals surface area contributed by atoms with Crippen LogP contribution in [0.15, 0.2) is 24.3 Å². The van der Waals surface area contributed by atoms with E-state index in [0.717, 1.165) is 11.3 Å². The SMILES string of the molecule is CCOC(=O)CNC(=O)NCCc1cccc(OC)c1. The fraction of sp³-hybridized carbons (Fsp3) is 0.429. The topological polar surface area (TPSA) is 76.7 Å². The Balaban J connectivity index is 2.22. The van der Waals surface area contributed by atoms with Crippen molar-refractivity contribution in [3.8, 4) is 5.75 Å². The first-order chi connectivity index (χ1) is 9.65. The average molecular weight is 280 g/mol. The van der Waals surface area contributed by atoms with E-state index in [9.17, 15) is 9.59 Å². The minimum atomic E-state index is -0.449. The van der Waals surface area contributed by atoms with Crippen LogP contribution in [0.2, 0.25) is 0 Å². The van der Waals surface area contributed by atoms with Crippen LogP contribution in [0.3, 0.4) is 0 Å². The van der Waals surface area contributed by atoms with Gasteiger partial charge >= 0.3 is 12.0 Å². The first-order valence-corrected chi connectivity index (χ1v) is 6.46. The molecule has 0 radical (unpaired) electrons. The molecule has 110 valence electrons. The number of methoxy groups -OCH3 is 1. The van der Waals surface area contributed by atoms with Gasteiger partial charge in [0.05, 0.1) is 13.7 Å². The monoisotopic (exact) mass is 280 g/mol. The highest BCUT2D eigenvalue weighted by Crippen LogP contribution is 2.12. The average Bonchev–Trinajstić information content (AvgIpc) is 2.46. The number of rotatable bonds is 7. The van der Waals surface area contributed by atoms with Gasteiger partial charge in [0.25, 0.3) is 0 Å². The molecule has 0 aromatic heterocycles. The molecule has 20 heavy (non-hydrogen) atoms. The van der Waals surface area contributed by atoms with E-state index in [1.54, 1.807) is 14.0 Å². The molecule has 0 aliphatic heterocycles. The number of hydrogen-bond acceptors (Lipinski definition) is 4. The molecule has 0 spiro atoms. The molecule has 0 unspecified atom stereocenters. The quantitative estimate of drug-likeness (QED) is 0.733. The van der Waals surface area contributed by atoms with Crippen LogP contribution in [0.5, 0.6) is 5.75 Å². The maximum Gasteiger partial charge on any atom is 0.325 e. The van der Waals surface area contributed by atoms with Gasteiger partial charge in [-0.25, -0.2) is 4.79 Å². The molecule has 1 rings (SSSR count). The number of benzene rings is 1. The Bertz CT molecular complexity index is 449. The highest BCUT2D eigenvalue weighted by Gasteiger charge is 2.05. The lowest BCUT2D eigenvalue weighted by molar-refractivity contribution is -0.141. The number of amides is 2. The minimum Gasteiger partial charge on any atom is -0.497 e. The summed E-state index contributed by atoms with van der Waals surface area (Å²) in [6.45, 7) is 2.37. The minimum absolute atomic E-state index is 0.126. The molecule has 1 aromatic rings. The molecule has 0 atom stereocenters. The van der Waals surface area contributed by atoms with Crippen LogP contribution in [0.4, 0.5) is 4.79 Å². The number of carbonyl (C=O) groups is 2. The van der Waals surface area contributed by atoms with Gasteiger partial charge < -0.3 is 20.1 Å². The van der Waals surface area contributed by atoms with Crippen molar-refractivity contribution in [2.45, 2.75) is 13.3 Å². The molecule has 2 amide bonds. The third-order valence-electron chi connectivity index (χ3n) is 2.53. The number of carbonyl (C=O) groups excluding carboxylic acids is 2. The van der Waals surface area contributed by atoms with Crippen molar-refractivity contribution in [2.24, 2.45) is 0 Å². The molecule has 2 N–H and O–H groups in total. The Morgan fingerprint density at radius 3 is 2.75 bits per heavy atom. The molecule has 6 nitrogen and oxygen atoms in total. The largest absolute Gasteiger partial charge is 0.497 e. The number of nitrogens with one attached hydrogen (secondary N) is 2. The van der Waals surface area contributed by atoms with Gasteiger partial charge in [-0.3, -0.25) is 4.79 Å². The first kappa shape index (κ1) is 15.8. The number of ether oxygens (including phenoxy) is 2. The van der Waals surface area contributed by atoms with Gasteiger partial charge in [0.15, 0.2) is 0 Å². The normalized spacial score (nSPS) is 9.70. The molecule has 0 saturated heterocycles. The highest BCUT2D eigenvalue weighted by atomic mass is 16.5. The molecular weight excluding hydrogens is 260 g/mol. The highest BCUT2D eigenvalue weighted by molar-refractivity contribution is 5.80. The van der Waals surface area contributed by atoms with E-state index in [-0.39, 0.29) is 12.6 Å². The third-order valence-corrected chi connectivity index (χ3v) is 2.53. The van der Waals surface area contributed by atoms with E-state index in [0.29, 0.717) is 19.6 Å². The maximum atomic E-state index is 11.4. The van der Waals surface area contributed by atoms with E-state index in [1.807, 2.05) is 24.3 Å². The lowest BCUT2D eigenvalue weighted by Gasteiger charge is -2.08. The zero-order valence-electron chi connectivity index (χ0n) is 11.8. The molecule has 0 aliphatic carbocycles. The predicted octanol–water partition coefficient (Wildman–Crippen LogP) is 1.10. The lowest BCUT2D eigenvalue weighted by Crippen LogP contribution is -2.39. The summed E-state index contributed by atoms with van der Waals surface area (Å²) >= 11 is 0. The number of urea groups is 1. The standard InChI is InChI=1S/C14H20N2O4/c1-3-20-13(17)10-16-14(18)15-8-7-11-5-4-6-12(9-11)19-2/h4-6,9H,3,7-8,10H2,1-2H3,(H2,15,16,18). The summed E-state index contributed by atoms with van der Waals surface area (Å²) in [5, 5.41) is 5.09. The van der Waals surface area contributed by atoms with Crippen molar-refractivity contribution in [1.82, 2.24) is 10.6 Å². The Kier molecular flexibility index (Phi) is 6.95. The van der Waals surface area contributed by atoms with Crippen molar-refractivity contribution in [1.29, 1.82) is 0 Å². The molecule has 6 heteroatoms. The molecule has 1 aromatic carbocycles. The van der Waals surface area contributed by atoms with Gasteiger partial charge in [-0.15, -0.1) is 0 Å². The van der Waals surface area contributed by atoms with Gasteiger partial charge in [0.2, 0.25) is 0 Å². The summed E-state index contributed by atoms with van der Waals surface area (Å²) < 4.78 is 9.82. The molecule has 0 saturated carbocycles. The van der Waals surface area contributed by atoms with Gasteiger partial charge in [-0.2, -0.15) is 0 Å². The van der Waals surface area contributed by atoms with Crippen molar-refractivity contribution >= 4 is 12.0 Å². The van der Waals surface area contributed by atoms with E-state index in [4.69, 9.17) is 9.47 Å². The summed E-state index contributed by atoms with van der Waals surface area (Å²) in [5.74, 6) is 0.338. The fourth-order valence-electron chi connectivity index (χ4n) is 1.58. The number of hydrogen-bond donors (Lipinski definition) is 2. The second-order valence-corrected chi connectivity index (χ2v) is 4.02. The zero-order valence-corrected chi connectivity index (χ0v) is 11.8. The van der Waals surface area contributed by atoms with Gasteiger partial charge in [0, 0.05) is 6.54 Å². The molecule has 0 bridgehead atoms. The fourth-order valence-corrected chi connectivity index (χ4v) is 1.58. The first-order valence-electron chi connectivity index (χ1n) is 6.46. The van der Waals surface area contributed by atoms with Crippen LogP contribution in [-0.4, -0.2) is 38.8 Å². The Morgan fingerprint density at radius 2 is 2.05 bits per heavy atom. The van der Waals surface area contributed by atoms with Crippen LogP contribution < -0.4 is 15.4 Å². The molecular formula is C14H20N2O4. The van der Waals surface area contributed by atoms with Crippen LogP contribution in [0.1, 0.15) is 12.5 Å². The summed E-state index contributed by atoms with van der Waals surface area (Å²) in [6.07, 6.45) is 0.685. The number of esters is 1. The van der Waals surface area contributed by atoms with E-state index >= 15 is 0 Å². The van der Waals surface area contributed by atoms with Crippen LogP contribution >= 0.6 is 0 Å². The van der Waals surface area contributed by atoms with E-state index in [1.165, 1.54) is 0 Å². The second-order valence-electron chi connectivity index (χ2n) is 4.02. The molecule has 0 heterocycles. The van der Waals surface area contributed by atoms with Crippen molar-refractivity contribution in [3.05, 3.63) is 29.8 Å². The van der Waals surface area contributed by atoms with Crippen LogP contribution in [0, 0.1) is 0 Å². The van der Waals surface area contributed by atoms with Crippen LogP contribution in [-0.2, 0) is 16.0 Å². The van der Waals surface area contributed by atoms with E-state index < -0.39 is 5.97 Å². The van der Waals surface area contributed by atoms with Gasteiger partial charge in [-0.1, -0.05) is 12.1 Å². The molecule has 0 fully saturated rings. The summed E-state index contributed by atoms with van der Waals surface area (Å²) in [6, 6.07) is 7.25. The van der Waals surface area contributed by atoms with Crippen molar-refractivity contribution in [3.63, 3.8) is 0 Å².